The van der Waals surface area contributed by atoms with Gasteiger partial charge in [0.25, 0.3) is 0 Å². The molecule has 0 unspecified atom stereocenters. The largest absolute Gasteiger partial charge is 0.456 e. The van der Waals surface area contributed by atoms with Gasteiger partial charge in [0.2, 0.25) is 0 Å². The summed E-state index contributed by atoms with van der Waals surface area (Å²) in [5, 5.41) is 0. The van der Waals surface area contributed by atoms with Crippen molar-refractivity contribution >= 4 is 11.8 Å². The molecule has 0 bridgehead atoms. The average molecular weight is 242 g/mol. The van der Waals surface area contributed by atoms with Crippen LogP contribution in [0.25, 0.3) is 0 Å². The molecule has 0 spiro atoms. The summed E-state index contributed by atoms with van der Waals surface area (Å²) in [4.78, 5) is 22.8. The Balaban J connectivity index is 2.03. The maximum Gasteiger partial charge on any atom is 0.384 e. The van der Waals surface area contributed by atoms with Crippen molar-refractivity contribution in [3.8, 4) is 11.8 Å². The Kier molecular flexibility index (Phi) is 3.78. The second-order valence-electron chi connectivity index (χ2n) is 4.19. The fourth-order valence-corrected chi connectivity index (χ4v) is 1.59. The Hall–Kier alpha value is -2.08. The van der Waals surface area contributed by atoms with E-state index in [2.05, 4.69) is 11.8 Å². The first-order valence-corrected chi connectivity index (χ1v) is 6.03. The van der Waals surface area contributed by atoms with Gasteiger partial charge in [0.1, 0.15) is 0 Å². The third-order valence-electron chi connectivity index (χ3n) is 2.70. The zero-order valence-corrected chi connectivity index (χ0v) is 10.2. The molecule has 1 aromatic rings. The van der Waals surface area contributed by atoms with Crippen LogP contribution in [-0.4, -0.2) is 18.4 Å². The third kappa shape index (κ3) is 3.21. The van der Waals surface area contributed by atoms with Gasteiger partial charge >= 0.3 is 5.97 Å². The highest BCUT2D eigenvalue weighted by Crippen LogP contribution is 2.32. The topological polar surface area (TPSA) is 43.4 Å². The molecule has 0 heterocycles. The van der Waals surface area contributed by atoms with E-state index in [9.17, 15) is 9.59 Å². The minimum Gasteiger partial charge on any atom is -0.456 e. The van der Waals surface area contributed by atoms with Crippen molar-refractivity contribution in [1.29, 1.82) is 0 Å². The summed E-state index contributed by atoms with van der Waals surface area (Å²) < 4.78 is 4.70. The average Bonchev–Trinajstić information content (AvgIpc) is 3.21. The van der Waals surface area contributed by atoms with Crippen LogP contribution in [0.2, 0.25) is 0 Å². The van der Waals surface area contributed by atoms with Gasteiger partial charge in [-0.05, 0) is 31.9 Å². The first-order valence-electron chi connectivity index (χ1n) is 6.03. The second-order valence-corrected chi connectivity index (χ2v) is 4.19. The Bertz CT molecular complexity index is 513. The van der Waals surface area contributed by atoms with Gasteiger partial charge in [-0.25, -0.2) is 4.79 Å². The number of carbonyl (C=O) groups is 2. The van der Waals surface area contributed by atoms with Gasteiger partial charge in [-0.15, -0.1) is 0 Å². The van der Waals surface area contributed by atoms with Crippen LogP contribution in [-0.2, 0) is 9.53 Å². The smallest absolute Gasteiger partial charge is 0.384 e. The molecule has 3 heteroatoms. The number of rotatable bonds is 3. The normalized spacial score (nSPS) is 13.4. The van der Waals surface area contributed by atoms with E-state index in [0.717, 1.165) is 18.4 Å². The van der Waals surface area contributed by atoms with E-state index < -0.39 is 5.97 Å². The van der Waals surface area contributed by atoms with Crippen LogP contribution >= 0.6 is 0 Å². The van der Waals surface area contributed by atoms with Crippen molar-refractivity contribution in [3.63, 3.8) is 0 Å². The summed E-state index contributed by atoms with van der Waals surface area (Å²) in [5.41, 5.74) is 1.43. The highest BCUT2D eigenvalue weighted by atomic mass is 16.5. The number of esters is 1. The molecule has 92 valence electrons. The fraction of sp³-hybridized carbons (Fsp3) is 0.333. The zero-order valence-electron chi connectivity index (χ0n) is 10.2. The molecule has 0 radical (unpaired) electrons. The molecule has 0 amide bonds. The number of hydrogen-bond donors (Lipinski definition) is 0. The van der Waals surface area contributed by atoms with Gasteiger partial charge in [-0.1, -0.05) is 18.1 Å². The molecular formula is C15H14O3. The van der Waals surface area contributed by atoms with Crippen LogP contribution in [0, 0.1) is 17.8 Å². The molecule has 0 saturated heterocycles. The summed E-state index contributed by atoms with van der Waals surface area (Å²) in [5.74, 6) is 4.99. The van der Waals surface area contributed by atoms with Gasteiger partial charge in [-0.3, -0.25) is 4.79 Å². The summed E-state index contributed by atoms with van der Waals surface area (Å²) in [6.07, 6.45) is 2.01. The predicted molar refractivity (Wildman–Crippen MR) is 67.0 cm³/mol. The van der Waals surface area contributed by atoms with E-state index >= 15 is 0 Å². The Labute approximate surface area is 106 Å². The quantitative estimate of drug-likeness (QED) is 0.463. The van der Waals surface area contributed by atoms with Crippen molar-refractivity contribution in [2.45, 2.75) is 19.8 Å². The lowest BCUT2D eigenvalue weighted by Crippen LogP contribution is -2.01. The van der Waals surface area contributed by atoms with E-state index in [1.807, 2.05) is 0 Å². The number of ketones is 1. The summed E-state index contributed by atoms with van der Waals surface area (Å²) in [6.45, 7) is 2.06. The number of ether oxygens (including phenoxy) is 1. The number of benzene rings is 1. The summed E-state index contributed by atoms with van der Waals surface area (Å²) >= 11 is 0. The predicted octanol–water partition coefficient (Wildman–Crippen LogP) is 2.19. The minimum atomic E-state index is -0.532. The molecule has 2 rings (SSSR count). The maximum atomic E-state index is 11.8. The van der Waals surface area contributed by atoms with Crippen LogP contribution in [0.5, 0.6) is 0 Å². The number of Topliss-reactive ketones (excluding diaryl/α,β-unsaturated/α-hetero) is 1. The van der Waals surface area contributed by atoms with Crippen molar-refractivity contribution in [3.05, 3.63) is 35.4 Å². The van der Waals surface area contributed by atoms with Crippen LogP contribution in [0.3, 0.4) is 0 Å². The van der Waals surface area contributed by atoms with Gasteiger partial charge < -0.3 is 4.74 Å². The third-order valence-corrected chi connectivity index (χ3v) is 2.70. The van der Waals surface area contributed by atoms with Crippen molar-refractivity contribution in [2.24, 2.45) is 5.92 Å². The van der Waals surface area contributed by atoms with E-state index in [-0.39, 0.29) is 11.7 Å². The van der Waals surface area contributed by atoms with Gasteiger partial charge in [0, 0.05) is 23.0 Å². The zero-order chi connectivity index (χ0) is 13.0. The molecule has 18 heavy (non-hydrogen) atoms. The van der Waals surface area contributed by atoms with Crippen LogP contribution < -0.4 is 0 Å². The standard InChI is InChI=1S/C15H14O3/c1-2-18-14(16)10-5-11-3-6-12(7-4-11)15(17)13-8-9-13/h3-4,6-7,13H,2,8-9H2,1H3. The molecule has 1 aliphatic rings. The Morgan fingerprint density at radius 3 is 2.50 bits per heavy atom. The van der Waals surface area contributed by atoms with E-state index in [1.165, 1.54) is 0 Å². The van der Waals surface area contributed by atoms with Gasteiger partial charge in [-0.2, -0.15) is 0 Å². The lowest BCUT2D eigenvalue weighted by atomic mass is 10.1. The summed E-state index contributed by atoms with van der Waals surface area (Å²) in [7, 11) is 0. The first-order chi connectivity index (χ1) is 8.70. The van der Waals surface area contributed by atoms with Crippen LogP contribution in [0.4, 0.5) is 0 Å². The highest BCUT2D eigenvalue weighted by molar-refractivity contribution is 5.99. The molecule has 1 aliphatic carbocycles. The molecule has 3 nitrogen and oxygen atoms in total. The fourth-order valence-electron chi connectivity index (χ4n) is 1.59. The molecule has 0 aliphatic heterocycles. The molecular weight excluding hydrogens is 228 g/mol. The molecule has 1 saturated carbocycles. The lowest BCUT2D eigenvalue weighted by Gasteiger charge is -1.98. The van der Waals surface area contributed by atoms with Crippen molar-refractivity contribution in [1.82, 2.24) is 0 Å². The second kappa shape index (κ2) is 5.50. The minimum absolute atomic E-state index is 0.208. The molecule has 1 fully saturated rings. The van der Waals surface area contributed by atoms with Crippen LogP contribution in [0.15, 0.2) is 24.3 Å². The van der Waals surface area contributed by atoms with E-state index in [0.29, 0.717) is 12.2 Å². The van der Waals surface area contributed by atoms with Gasteiger partial charge in [0.15, 0.2) is 5.78 Å². The highest BCUT2D eigenvalue weighted by Gasteiger charge is 2.30. The monoisotopic (exact) mass is 242 g/mol. The molecule has 0 aromatic heterocycles. The molecule has 0 atom stereocenters. The Morgan fingerprint density at radius 1 is 1.28 bits per heavy atom. The van der Waals surface area contributed by atoms with Crippen molar-refractivity contribution < 1.29 is 14.3 Å². The SMILES string of the molecule is CCOC(=O)C#Cc1ccc(C(=O)C2CC2)cc1. The maximum absolute atomic E-state index is 11.8. The lowest BCUT2D eigenvalue weighted by molar-refractivity contribution is -0.136. The number of hydrogen-bond acceptors (Lipinski definition) is 3. The summed E-state index contributed by atoms with van der Waals surface area (Å²) in [6, 6.07) is 7.02. The Morgan fingerprint density at radius 2 is 1.94 bits per heavy atom. The molecule has 0 N–H and O–H groups in total. The number of carbonyl (C=O) groups excluding carboxylic acids is 2. The van der Waals surface area contributed by atoms with Crippen LogP contribution in [0.1, 0.15) is 35.7 Å². The van der Waals surface area contributed by atoms with Crippen molar-refractivity contribution in [2.75, 3.05) is 6.61 Å². The van der Waals surface area contributed by atoms with E-state index in [1.54, 1.807) is 31.2 Å². The molecule has 1 aromatic carbocycles. The van der Waals surface area contributed by atoms with E-state index in [4.69, 9.17) is 4.74 Å². The van der Waals surface area contributed by atoms with Gasteiger partial charge in [0.05, 0.1) is 6.61 Å². The first kappa shape index (κ1) is 12.4.